The van der Waals surface area contributed by atoms with Crippen molar-refractivity contribution in [1.29, 1.82) is 0 Å². The lowest BCUT2D eigenvalue weighted by Gasteiger charge is -2.04. The Bertz CT molecular complexity index is 484. The molecule has 0 saturated carbocycles. The summed E-state index contributed by atoms with van der Waals surface area (Å²) in [6.07, 6.45) is 4.72. The zero-order valence-corrected chi connectivity index (χ0v) is 11.0. The molecule has 0 spiro atoms. The van der Waals surface area contributed by atoms with E-state index < -0.39 is 9.84 Å². The number of anilines is 1. The molecule has 17 heavy (non-hydrogen) atoms. The maximum atomic E-state index is 10.9. The highest BCUT2D eigenvalue weighted by Gasteiger charge is 2.02. The van der Waals surface area contributed by atoms with E-state index in [1.54, 1.807) is 0 Å². The van der Waals surface area contributed by atoms with Gasteiger partial charge in [-0.2, -0.15) is 0 Å². The smallest absolute Gasteiger partial charge is 0.147 e. The van der Waals surface area contributed by atoms with Gasteiger partial charge in [-0.1, -0.05) is 12.2 Å². The molecule has 1 heterocycles. The summed E-state index contributed by atoms with van der Waals surface area (Å²) < 4.78 is 21.8. The Kier molecular flexibility index (Phi) is 4.76. The van der Waals surface area contributed by atoms with Crippen LogP contribution in [0.5, 0.6) is 0 Å². The standard InChI is InChI=1S/C9H14N4O2S2/c1-17(14,15)4-2-3-11-8-6-12-7(5-13-8)9(10)16/h5-6H,2-4H2,1H3,(H2,10,16)(H,11,13). The van der Waals surface area contributed by atoms with Crippen molar-refractivity contribution in [1.82, 2.24) is 9.97 Å². The van der Waals surface area contributed by atoms with E-state index in [4.69, 9.17) is 18.0 Å². The predicted octanol–water partition coefficient (Wildman–Crippen LogP) is -0.0426. The Morgan fingerprint density at radius 1 is 1.47 bits per heavy atom. The fraction of sp³-hybridized carbons (Fsp3) is 0.444. The summed E-state index contributed by atoms with van der Waals surface area (Å²) in [4.78, 5) is 8.24. The van der Waals surface area contributed by atoms with Crippen molar-refractivity contribution in [2.45, 2.75) is 6.42 Å². The van der Waals surface area contributed by atoms with Gasteiger partial charge in [0.25, 0.3) is 0 Å². The minimum Gasteiger partial charge on any atom is -0.388 e. The molecule has 0 amide bonds. The van der Waals surface area contributed by atoms with Crippen LogP contribution in [0.2, 0.25) is 0 Å². The first-order valence-corrected chi connectivity index (χ1v) is 7.39. The highest BCUT2D eigenvalue weighted by molar-refractivity contribution is 7.90. The summed E-state index contributed by atoms with van der Waals surface area (Å²) in [5, 5.41) is 2.96. The molecule has 0 radical (unpaired) electrons. The fourth-order valence-corrected chi connectivity index (χ4v) is 1.87. The molecule has 0 atom stereocenters. The van der Waals surface area contributed by atoms with Gasteiger partial charge in [-0.25, -0.2) is 18.4 Å². The number of sulfone groups is 1. The van der Waals surface area contributed by atoms with E-state index in [0.717, 1.165) is 0 Å². The molecule has 0 aromatic carbocycles. The van der Waals surface area contributed by atoms with Crippen molar-refractivity contribution in [3.63, 3.8) is 0 Å². The minimum atomic E-state index is -2.91. The molecule has 8 heteroatoms. The summed E-state index contributed by atoms with van der Waals surface area (Å²) in [6.45, 7) is 0.522. The van der Waals surface area contributed by atoms with Gasteiger partial charge in [0.15, 0.2) is 0 Å². The highest BCUT2D eigenvalue weighted by Crippen LogP contribution is 2.01. The van der Waals surface area contributed by atoms with Crippen molar-refractivity contribution >= 4 is 32.9 Å². The van der Waals surface area contributed by atoms with E-state index in [0.29, 0.717) is 24.5 Å². The summed E-state index contributed by atoms with van der Waals surface area (Å²) in [7, 11) is -2.91. The number of aromatic nitrogens is 2. The average molecular weight is 274 g/mol. The summed E-state index contributed by atoms with van der Waals surface area (Å²) >= 11 is 4.74. The lowest BCUT2D eigenvalue weighted by atomic mass is 10.4. The monoisotopic (exact) mass is 274 g/mol. The fourth-order valence-electron chi connectivity index (χ4n) is 1.10. The van der Waals surface area contributed by atoms with E-state index in [1.165, 1.54) is 18.6 Å². The maximum absolute atomic E-state index is 10.9. The Hall–Kier alpha value is -1.28. The van der Waals surface area contributed by atoms with Gasteiger partial charge < -0.3 is 11.1 Å². The number of thiocarbonyl (C=S) groups is 1. The molecule has 1 rings (SSSR count). The molecule has 0 aliphatic heterocycles. The van der Waals surface area contributed by atoms with E-state index >= 15 is 0 Å². The second-order valence-electron chi connectivity index (χ2n) is 3.56. The Morgan fingerprint density at radius 2 is 2.18 bits per heavy atom. The number of nitrogens with zero attached hydrogens (tertiary/aromatic N) is 2. The average Bonchev–Trinajstić information content (AvgIpc) is 2.24. The van der Waals surface area contributed by atoms with Crippen LogP contribution >= 0.6 is 12.2 Å². The lowest BCUT2D eigenvalue weighted by molar-refractivity contribution is 0.600. The van der Waals surface area contributed by atoms with Crippen LogP contribution in [0, 0.1) is 0 Å². The van der Waals surface area contributed by atoms with Gasteiger partial charge in [-0.05, 0) is 6.42 Å². The van der Waals surface area contributed by atoms with E-state index in [9.17, 15) is 8.42 Å². The van der Waals surface area contributed by atoms with Gasteiger partial charge in [0.05, 0.1) is 18.1 Å². The molecular weight excluding hydrogens is 260 g/mol. The Labute approximate surface area is 106 Å². The third kappa shape index (κ3) is 5.55. The van der Waals surface area contributed by atoms with Crippen molar-refractivity contribution < 1.29 is 8.42 Å². The third-order valence-corrected chi connectivity index (χ3v) is 3.14. The lowest BCUT2D eigenvalue weighted by Crippen LogP contribution is -2.13. The van der Waals surface area contributed by atoms with Gasteiger partial charge in [0.1, 0.15) is 26.3 Å². The number of nitrogens with two attached hydrogens (primary N) is 1. The van der Waals surface area contributed by atoms with Crippen LogP contribution in [0.15, 0.2) is 12.4 Å². The summed E-state index contributed by atoms with van der Waals surface area (Å²) in [6, 6.07) is 0. The Balaban J connectivity index is 2.40. The molecule has 0 saturated heterocycles. The van der Waals surface area contributed by atoms with Crippen LogP contribution < -0.4 is 11.1 Å². The van der Waals surface area contributed by atoms with Gasteiger partial charge in [0, 0.05) is 12.8 Å². The Morgan fingerprint density at radius 3 is 2.65 bits per heavy atom. The first kappa shape index (κ1) is 13.8. The van der Waals surface area contributed by atoms with Crippen molar-refractivity contribution in [3.05, 3.63) is 18.1 Å². The van der Waals surface area contributed by atoms with Crippen LogP contribution in [0.1, 0.15) is 12.1 Å². The molecular formula is C9H14N4O2S2. The molecule has 0 aliphatic carbocycles. The molecule has 1 aromatic heterocycles. The van der Waals surface area contributed by atoms with Crippen molar-refractivity contribution in [2.75, 3.05) is 23.9 Å². The molecule has 0 fully saturated rings. The molecule has 3 N–H and O–H groups in total. The largest absolute Gasteiger partial charge is 0.388 e. The second-order valence-corrected chi connectivity index (χ2v) is 6.26. The second kappa shape index (κ2) is 5.87. The molecule has 6 nitrogen and oxygen atoms in total. The van der Waals surface area contributed by atoms with Crippen LogP contribution in [0.25, 0.3) is 0 Å². The molecule has 94 valence electrons. The molecule has 0 aliphatic rings. The number of nitrogens with one attached hydrogen (secondary N) is 1. The third-order valence-electron chi connectivity index (χ3n) is 1.90. The normalized spacial score (nSPS) is 11.1. The van der Waals surface area contributed by atoms with Gasteiger partial charge in [-0.3, -0.25) is 0 Å². The summed E-state index contributed by atoms with van der Waals surface area (Å²) in [5.74, 6) is 0.719. The zero-order chi connectivity index (χ0) is 12.9. The predicted molar refractivity (Wildman–Crippen MR) is 70.7 cm³/mol. The van der Waals surface area contributed by atoms with Crippen LogP contribution in [0.3, 0.4) is 0 Å². The minimum absolute atomic E-state index is 0.151. The van der Waals surface area contributed by atoms with Crippen molar-refractivity contribution in [3.8, 4) is 0 Å². The molecule has 0 bridgehead atoms. The first-order valence-electron chi connectivity index (χ1n) is 4.92. The molecule has 0 unspecified atom stereocenters. The SMILES string of the molecule is CS(=O)(=O)CCCNc1cnc(C(N)=S)cn1. The quantitative estimate of drug-likeness (QED) is 0.554. The van der Waals surface area contributed by atoms with Crippen LogP contribution in [0.4, 0.5) is 5.82 Å². The van der Waals surface area contributed by atoms with E-state index in [1.807, 2.05) is 0 Å². The van der Waals surface area contributed by atoms with Crippen LogP contribution in [-0.4, -0.2) is 41.9 Å². The number of rotatable bonds is 6. The topological polar surface area (TPSA) is 98.0 Å². The maximum Gasteiger partial charge on any atom is 0.147 e. The highest BCUT2D eigenvalue weighted by atomic mass is 32.2. The van der Waals surface area contributed by atoms with Gasteiger partial charge in [-0.15, -0.1) is 0 Å². The van der Waals surface area contributed by atoms with Gasteiger partial charge in [0.2, 0.25) is 0 Å². The van der Waals surface area contributed by atoms with E-state index in [-0.39, 0.29) is 10.7 Å². The zero-order valence-electron chi connectivity index (χ0n) is 9.38. The van der Waals surface area contributed by atoms with Gasteiger partial charge >= 0.3 is 0 Å². The van der Waals surface area contributed by atoms with Crippen LogP contribution in [-0.2, 0) is 9.84 Å². The number of hydrogen-bond acceptors (Lipinski definition) is 6. The summed E-state index contributed by atoms with van der Waals surface area (Å²) in [5.41, 5.74) is 5.84. The molecule has 1 aromatic rings. The number of hydrogen-bond donors (Lipinski definition) is 2. The van der Waals surface area contributed by atoms with Crippen molar-refractivity contribution in [2.24, 2.45) is 5.73 Å². The first-order chi connectivity index (χ1) is 7.88. The van der Waals surface area contributed by atoms with E-state index in [2.05, 4.69) is 15.3 Å².